The molecular weight excluding hydrogens is 260 g/mol. The Morgan fingerprint density at radius 1 is 1.15 bits per heavy atom. The molecule has 0 saturated heterocycles. The molecule has 20 heavy (non-hydrogen) atoms. The van der Waals surface area contributed by atoms with Gasteiger partial charge in [-0.25, -0.2) is 0 Å². The van der Waals surface area contributed by atoms with Crippen molar-refractivity contribution in [1.82, 2.24) is 0 Å². The minimum atomic E-state index is -0.559. The zero-order valence-corrected chi connectivity index (χ0v) is 11.6. The highest BCUT2D eigenvalue weighted by Gasteiger charge is 2.08. The molecule has 0 atom stereocenters. The van der Waals surface area contributed by atoms with E-state index in [1.54, 1.807) is 19.3 Å². The fourth-order valence-electron chi connectivity index (χ4n) is 1.48. The minimum absolute atomic E-state index is 0.152. The summed E-state index contributed by atoms with van der Waals surface area (Å²) in [4.78, 5) is 22.9. The molecule has 0 heterocycles. The summed E-state index contributed by atoms with van der Waals surface area (Å²) in [6.07, 6.45) is 2.67. The Hall–Kier alpha value is -2.14. The van der Waals surface area contributed by atoms with Crippen LogP contribution in [0.25, 0.3) is 6.08 Å². The fourth-order valence-corrected chi connectivity index (χ4v) is 1.48. The standard InChI is InChI=1S/C15H18O5/c1-18-9-10-20-15(17)11-13(16)8-7-12-5-3-4-6-14(12)19-2/h3-8H,9-11H2,1-2H3. The van der Waals surface area contributed by atoms with Crippen molar-refractivity contribution in [2.75, 3.05) is 27.4 Å². The van der Waals surface area contributed by atoms with Crippen molar-refractivity contribution in [3.8, 4) is 5.75 Å². The number of ether oxygens (including phenoxy) is 3. The van der Waals surface area contributed by atoms with Crippen LogP contribution < -0.4 is 4.74 Å². The average Bonchev–Trinajstić information content (AvgIpc) is 2.45. The molecule has 0 saturated carbocycles. The van der Waals surface area contributed by atoms with Crippen LogP contribution in [0.4, 0.5) is 0 Å². The molecule has 108 valence electrons. The molecule has 0 fully saturated rings. The third-order valence-electron chi connectivity index (χ3n) is 2.46. The number of carbonyl (C=O) groups excluding carboxylic acids is 2. The number of esters is 1. The van der Waals surface area contributed by atoms with Gasteiger partial charge in [0, 0.05) is 12.7 Å². The molecule has 1 rings (SSSR count). The van der Waals surface area contributed by atoms with Crippen molar-refractivity contribution < 1.29 is 23.8 Å². The zero-order valence-electron chi connectivity index (χ0n) is 11.6. The first-order valence-electron chi connectivity index (χ1n) is 6.16. The lowest BCUT2D eigenvalue weighted by Crippen LogP contribution is -2.12. The molecule has 5 heteroatoms. The molecule has 5 nitrogen and oxygen atoms in total. The smallest absolute Gasteiger partial charge is 0.313 e. The SMILES string of the molecule is COCCOC(=O)CC(=O)C=Cc1ccccc1OC. The number of ketones is 1. The Kier molecular flexibility index (Phi) is 7.06. The molecule has 0 amide bonds. The van der Waals surface area contributed by atoms with Gasteiger partial charge in [0.2, 0.25) is 0 Å². The van der Waals surface area contributed by atoms with E-state index in [0.717, 1.165) is 5.56 Å². The summed E-state index contributed by atoms with van der Waals surface area (Å²) in [5.74, 6) is -0.214. The molecule has 0 unspecified atom stereocenters. The van der Waals surface area contributed by atoms with Gasteiger partial charge in [-0.3, -0.25) is 9.59 Å². The maximum absolute atomic E-state index is 11.6. The number of hydrogen-bond acceptors (Lipinski definition) is 5. The van der Waals surface area contributed by atoms with Crippen molar-refractivity contribution in [3.63, 3.8) is 0 Å². The molecule has 1 aromatic rings. The lowest BCUT2D eigenvalue weighted by Gasteiger charge is -2.03. The molecule has 0 aliphatic carbocycles. The van der Waals surface area contributed by atoms with Crippen LogP contribution in [-0.4, -0.2) is 39.2 Å². The summed E-state index contributed by atoms with van der Waals surface area (Å²) in [5.41, 5.74) is 0.774. The normalized spacial score (nSPS) is 10.5. The lowest BCUT2D eigenvalue weighted by molar-refractivity contribution is -0.146. The second kappa shape index (κ2) is 8.87. The topological polar surface area (TPSA) is 61.8 Å². The van der Waals surface area contributed by atoms with E-state index < -0.39 is 5.97 Å². The molecule has 0 aromatic heterocycles. The first kappa shape index (κ1) is 15.9. The monoisotopic (exact) mass is 278 g/mol. The largest absolute Gasteiger partial charge is 0.496 e. The summed E-state index contributed by atoms with van der Waals surface area (Å²) in [7, 11) is 3.07. The molecule has 0 N–H and O–H groups in total. The van der Waals surface area contributed by atoms with Crippen molar-refractivity contribution in [2.24, 2.45) is 0 Å². The molecule has 0 aliphatic rings. The Balaban J connectivity index is 2.49. The third kappa shape index (κ3) is 5.67. The van der Waals surface area contributed by atoms with Crippen LogP contribution in [0.1, 0.15) is 12.0 Å². The van der Waals surface area contributed by atoms with Crippen LogP contribution in [0.2, 0.25) is 0 Å². The molecule has 0 aliphatic heterocycles. The van der Waals surface area contributed by atoms with Gasteiger partial charge in [-0.05, 0) is 18.2 Å². The Morgan fingerprint density at radius 2 is 1.90 bits per heavy atom. The maximum Gasteiger partial charge on any atom is 0.313 e. The number of hydrogen-bond donors (Lipinski definition) is 0. The van der Waals surface area contributed by atoms with E-state index in [2.05, 4.69) is 0 Å². The number of benzene rings is 1. The van der Waals surface area contributed by atoms with E-state index in [4.69, 9.17) is 14.2 Å². The Morgan fingerprint density at radius 3 is 2.60 bits per heavy atom. The predicted octanol–water partition coefficient (Wildman–Crippen LogP) is 1.86. The fraction of sp³-hybridized carbons (Fsp3) is 0.333. The van der Waals surface area contributed by atoms with Gasteiger partial charge in [-0.1, -0.05) is 18.2 Å². The van der Waals surface area contributed by atoms with Crippen LogP contribution in [-0.2, 0) is 19.1 Å². The number of para-hydroxylation sites is 1. The summed E-state index contributed by atoms with van der Waals surface area (Å²) < 4.78 is 14.7. The van der Waals surface area contributed by atoms with E-state index in [1.165, 1.54) is 13.2 Å². The average molecular weight is 278 g/mol. The van der Waals surface area contributed by atoms with E-state index in [1.807, 2.05) is 18.2 Å². The molecule has 0 bridgehead atoms. The number of allylic oxidation sites excluding steroid dienone is 1. The number of carbonyl (C=O) groups is 2. The lowest BCUT2D eigenvalue weighted by atomic mass is 10.1. The highest BCUT2D eigenvalue weighted by Crippen LogP contribution is 2.18. The van der Waals surface area contributed by atoms with Gasteiger partial charge in [-0.15, -0.1) is 0 Å². The van der Waals surface area contributed by atoms with Gasteiger partial charge < -0.3 is 14.2 Å². The van der Waals surface area contributed by atoms with Gasteiger partial charge in [0.15, 0.2) is 5.78 Å². The number of rotatable bonds is 8. The minimum Gasteiger partial charge on any atom is -0.496 e. The number of methoxy groups -OCH3 is 2. The van der Waals surface area contributed by atoms with Crippen LogP contribution in [0, 0.1) is 0 Å². The van der Waals surface area contributed by atoms with Gasteiger partial charge in [0.1, 0.15) is 18.8 Å². The predicted molar refractivity (Wildman–Crippen MR) is 74.5 cm³/mol. The summed E-state index contributed by atoms with van der Waals surface area (Å²) in [6, 6.07) is 7.29. The first-order chi connectivity index (χ1) is 9.67. The Labute approximate surface area is 118 Å². The quantitative estimate of drug-likeness (QED) is 0.314. The van der Waals surface area contributed by atoms with Crippen molar-refractivity contribution in [2.45, 2.75) is 6.42 Å². The molecule has 0 spiro atoms. The molecule has 1 aromatic carbocycles. The van der Waals surface area contributed by atoms with Crippen LogP contribution in [0.5, 0.6) is 5.75 Å². The van der Waals surface area contributed by atoms with E-state index in [0.29, 0.717) is 12.4 Å². The zero-order chi connectivity index (χ0) is 14.8. The summed E-state index contributed by atoms with van der Waals surface area (Å²) >= 11 is 0. The van der Waals surface area contributed by atoms with Crippen LogP contribution >= 0.6 is 0 Å². The second-order valence-corrected chi connectivity index (χ2v) is 3.93. The van der Waals surface area contributed by atoms with Gasteiger partial charge in [0.05, 0.1) is 13.7 Å². The highest BCUT2D eigenvalue weighted by atomic mass is 16.6. The van der Waals surface area contributed by atoms with Crippen LogP contribution in [0.15, 0.2) is 30.3 Å². The van der Waals surface area contributed by atoms with Crippen LogP contribution in [0.3, 0.4) is 0 Å². The maximum atomic E-state index is 11.6. The van der Waals surface area contributed by atoms with Crippen molar-refractivity contribution in [1.29, 1.82) is 0 Å². The molecule has 0 radical (unpaired) electrons. The van der Waals surface area contributed by atoms with Crippen molar-refractivity contribution >= 4 is 17.8 Å². The van der Waals surface area contributed by atoms with Gasteiger partial charge in [-0.2, -0.15) is 0 Å². The highest BCUT2D eigenvalue weighted by molar-refractivity contribution is 6.04. The van der Waals surface area contributed by atoms with Gasteiger partial charge in [0.25, 0.3) is 0 Å². The second-order valence-electron chi connectivity index (χ2n) is 3.93. The summed E-state index contributed by atoms with van der Waals surface area (Å²) in [5, 5.41) is 0. The van der Waals surface area contributed by atoms with E-state index in [-0.39, 0.29) is 18.8 Å². The van der Waals surface area contributed by atoms with Gasteiger partial charge >= 0.3 is 5.97 Å². The Bertz CT molecular complexity index is 479. The first-order valence-corrected chi connectivity index (χ1v) is 6.16. The third-order valence-corrected chi connectivity index (χ3v) is 2.46. The van der Waals surface area contributed by atoms with E-state index in [9.17, 15) is 9.59 Å². The van der Waals surface area contributed by atoms with E-state index >= 15 is 0 Å². The molecular formula is C15H18O5. The van der Waals surface area contributed by atoms with Crippen molar-refractivity contribution in [3.05, 3.63) is 35.9 Å². The summed E-state index contributed by atoms with van der Waals surface area (Å²) in [6.45, 7) is 0.468.